The molecule has 1 saturated heterocycles. The van der Waals surface area contributed by atoms with E-state index in [1.165, 1.54) is 25.8 Å². The predicted molar refractivity (Wildman–Crippen MR) is 48.5 cm³/mol. The summed E-state index contributed by atoms with van der Waals surface area (Å²) < 4.78 is 0. The van der Waals surface area contributed by atoms with Crippen LogP contribution >= 0.6 is 0 Å². The van der Waals surface area contributed by atoms with Crippen LogP contribution in [0.25, 0.3) is 0 Å². The lowest BCUT2D eigenvalue weighted by molar-refractivity contribution is 0.237. The summed E-state index contributed by atoms with van der Waals surface area (Å²) in [7, 11) is 0. The lowest BCUT2D eigenvalue weighted by Gasteiger charge is -2.24. The molecule has 1 heterocycles. The van der Waals surface area contributed by atoms with Crippen LogP contribution in [0.1, 0.15) is 33.1 Å². The molecule has 2 nitrogen and oxygen atoms in total. The third-order valence-electron chi connectivity index (χ3n) is 2.49. The second-order valence-corrected chi connectivity index (χ2v) is 3.68. The molecule has 0 bridgehead atoms. The van der Waals surface area contributed by atoms with Crippen molar-refractivity contribution in [2.24, 2.45) is 5.73 Å². The molecule has 0 spiro atoms. The van der Waals surface area contributed by atoms with Crippen LogP contribution in [0.15, 0.2) is 0 Å². The van der Waals surface area contributed by atoms with Crippen LogP contribution in [0.4, 0.5) is 0 Å². The zero-order valence-corrected chi connectivity index (χ0v) is 7.71. The third-order valence-corrected chi connectivity index (χ3v) is 2.49. The lowest BCUT2D eigenvalue weighted by atomic mass is 10.1. The molecule has 0 amide bonds. The topological polar surface area (TPSA) is 29.3 Å². The Morgan fingerprint density at radius 1 is 1.64 bits per heavy atom. The van der Waals surface area contributed by atoms with Crippen LogP contribution in [-0.2, 0) is 0 Å². The molecule has 1 aliphatic rings. The maximum atomic E-state index is 5.75. The molecular weight excluding hydrogens is 136 g/mol. The highest BCUT2D eigenvalue weighted by Gasteiger charge is 2.22. The van der Waals surface area contributed by atoms with Gasteiger partial charge in [-0.1, -0.05) is 6.92 Å². The van der Waals surface area contributed by atoms with Gasteiger partial charge in [0, 0.05) is 18.6 Å². The summed E-state index contributed by atoms with van der Waals surface area (Å²) in [6.07, 6.45) is 4.03. The van der Waals surface area contributed by atoms with E-state index in [0.717, 1.165) is 12.6 Å². The van der Waals surface area contributed by atoms with Crippen LogP contribution in [0.2, 0.25) is 0 Å². The molecule has 0 aromatic heterocycles. The fraction of sp³-hybridized carbons (Fsp3) is 1.00. The van der Waals surface area contributed by atoms with Crippen LogP contribution in [0.3, 0.4) is 0 Å². The summed E-state index contributed by atoms with van der Waals surface area (Å²) in [4.78, 5) is 2.53. The van der Waals surface area contributed by atoms with E-state index in [9.17, 15) is 0 Å². The van der Waals surface area contributed by atoms with Crippen molar-refractivity contribution >= 4 is 0 Å². The number of likely N-dealkylation sites (tertiary alicyclic amines) is 1. The number of nitrogens with two attached hydrogens (primary N) is 1. The minimum absolute atomic E-state index is 0.335. The second-order valence-electron chi connectivity index (χ2n) is 3.68. The quantitative estimate of drug-likeness (QED) is 0.665. The van der Waals surface area contributed by atoms with Crippen LogP contribution in [-0.4, -0.2) is 30.1 Å². The molecule has 2 atom stereocenters. The molecule has 0 aromatic rings. The first-order valence-corrected chi connectivity index (χ1v) is 4.73. The van der Waals surface area contributed by atoms with Gasteiger partial charge in [-0.05, 0) is 32.7 Å². The molecule has 0 aromatic carbocycles. The third kappa shape index (κ3) is 2.46. The maximum Gasteiger partial charge on any atom is 0.0139 e. The molecular formula is C9H20N2. The van der Waals surface area contributed by atoms with Crippen molar-refractivity contribution in [2.75, 3.05) is 13.1 Å². The minimum atomic E-state index is 0.335. The Morgan fingerprint density at radius 2 is 2.36 bits per heavy atom. The Hall–Kier alpha value is -0.0800. The molecule has 2 N–H and O–H groups in total. The summed E-state index contributed by atoms with van der Waals surface area (Å²) in [6.45, 7) is 6.70. The van der Waals surface area contributed by atoms with Gasteiger partial charge in [-0.2, -0.15) is 0 Å². The minimum Gasteiger partial charge on any atom is -0.327 e. The van der Waals surface area contributed by atoms with Gasteiger partial charge in [0.15, 0.2) is 0 Å². The van der Waals surface area contributed by atoms with Crippen molar-refractivity contribution < 1.29 is 0 Å². The van der Waals surface area contributed by atoms with E-state index in [0.29, 0.717) is 6.04 Å². The van der Waals surface area contributed by atoms with E-state index in [4.69, 9.17) is 5.73 Å². The van der Waals surface area contributed by atoms with Gasteiger partial charge in [-0.15, -0.1) is 0 Å². The van der Waals surface area contributed by atoms with Gasteiger partial charge >= 0.3 is 0 Å². The highest BCUT2D eigenvalue weighted by Crippen LogP contribution is 2.19. The Kier molecular flexibility index (Phi) is 3.34. The number of hydrogen-bond donors (Lipinski definition) is 1. The molecule has 2 unspecified atom stereocenters. The standard InChI is InChI=1S/C9H20N2/c1-3-9-5-4-6-11(9)7-8(2)10/h8-9H,3-7,10H2,1-2H3. The zero-order chi connectivity index (χ0) is 8.27. The van der Waals surface area contributed by atoms with E-state index in [-0.39, 0.29) is 0 Å². The second kappa shape index (κ2) is 4.07. The largest absolute Gasteiger partial charge is 0.327 e. The molecule has 1 fully saturated rings. The Morgan fingerprint density at radius 3 is 2.91 bits per heavy atom. The fourth-order valence-corrected chi connectivity index (χ4v) is 1.97. The van der Waals surface area contributed by atoms with Gasteiger partial charge < -0.3 is 5.73 Å². The average molecular weight is 156 g/mol. The van der Waals surface area contributed by atoms with Gasteiger partial charge in [0.2, 0.25) is 0 Å². The van der Waals surface area contributed by atoms with Crippen LogP contribution in [0, 0.1) is 0 Å². The van der Waals surface area contributed by atoms with Crippen molar-refractivity contribution in [3.63, 3.8) is 0 Å². The summed E-state index contributed by atoms with van der Waals surface area (Å²) in [5, 5.41) is 0. The van der Waals surface area contributed by atoms with E-state index in [2.05, 4.69) is 18.7 Å². The Bertz CT molecular complexity index is 112. The van der Waals surface area contributed by atoms with Gasteiger partial charge in [0.25, 0.3) is 0 Å². The molecule has 11 heavy (non-hydrogen) atoms. The van der Waals surface area contributed by atoms with E-state index in [1.807, 2.05) is 0 Å². The van der Waals surface area contributed by atoms with Crippen molar-refractivity contribution in [1.29, 1.82) is 0 Å². The molecule has 0 radical (unpaired) electrons. The fourth-order valence-electron chi connectivity index (χ4n) is 1.97. The Balaban J connectivity index is 2.31. The van der Waals surface area contributed by atoms with E-state index in [1.54, 1.807) is 0 Å². The number of nitrogens with zero attached hydrogens (tertiary/aromatic N) is 1. The first-order chi connectivity index (χ1) is 5.24. The van der Waals surface area contributed by atoms with Crippen LogP contribution in [0.5, 0.6) is 0 Å². The maximum absolute atomic E-state index is 5.75. The van der Waals surface area contributed by atoms with Crippen molar-refractivity contribution in [3.8, 4) is 0 Å². The van der Waals surface area contributed by atoms with Crippen molar-refractivity contribution in [3.05, 3.63) is 0 Å². The van der Waals surface area contributed by atoms with E-state index >= 15 is 0 Å². The predicted octanol–water partition coefficient (Wildman–Crippen LogP) is 1.21. The lowest BCUT2D eigenvalue weighted by Crippen LogP contribution is -2.38. The summed E-state index contributed by atoms with van der Waals surface area (Å²) >= 11 is 0. The smallest absolute Gasteiger partial charge is 0.0139 e. The normalized spacial score (nSPS) is 29.2. The molecule has 0 aliphatic carbocycles. The molecule has 0 saturated carbocycles. The SMILES string of the molecule is CCC1CCCN1CC(C)N. The zero-order valence-electron chi connectivity index (χ0n) is 7.71. The summed E-state index contributed by atoms with van der Waals surface area (Å²) in [5.74, 6) is 0. The Labute approximate surface area is 69.8 Å². The highest BCUT2D eigenvalue weighted by molar-refractivity contribution is 4.79. The summed E-state index contributed by atoms with van der Waals surface area (Å²) in [5.41, 5.74) is 5.75. The van der Waals surface area contributed by atoms with Gasteiger partial charge in [-0.3, -0.25) is 4.90 Å². The highest BCUT2D eigenvalue weighted by atomic mass is 15.2. The van der Waals surface area contributed by atoms with Crippen molar-refractivity contribution in [2.45, 2.75) is 45.2 Å². The van der Waals surface area contributed by atoms with Gasteiger partial charge in [0.1, 0.15) is 0 Å². The number of rotatable bonds is 3. The van der Waals surface area contributed by atoms with Crippen molar-refractivity contribution in [1.82, 2.24) is 4.90 Å². The summed E-state index contributed by atoms with van der Waals surface area (Å²) in [6, 6.07) is 1.16. The molecule has 1 rings (SSSR count). The average Bonchev–Trinajstić information content (AvgIpc) is 2.34. The first-order valence-electron chi connectivity index (χ1n) is 4.73. The number of hydrogen-bond acceptors (Lipinski definition) is 2. The molecule has 66 valence electrons. The molecule has 1 aliphatic heterocycles. The van der Waals surface area contributed by atoms with E-state index < -0.39 is 0 Å². The van der Waals surface area contributed by atoms with Gasteiger partial charge in [-0.25, -0.2) is 0 Å². The van der Waals surface area contributed by atoms with Gasteiger partial charge in [0.05, 0.1) is 0 Å². The first kappa shape index (κ1) is 9.01. The monoisotopic (exact) mass is 156 g/mol. The molecule has 2 heteroatoms. The van der Waals surface area contributed by atoms with Crippen LogP contribution < -0.4 is 5.73 Å².